The van der Waals surface area contributed by atoms with Gasteiger partial charge in [-0.3, -0.25) is 0 Å². The molecule has 0 bridgehead atoms. The molecule has 0 saturated carbocycles. The zero-order chi connectivity index (χ0) is 41.7. The Morgan fingerprint density at radius 3 is 1.30 bits per heavy atom. The second-order valence-electron chi connectivity index (χ2n) is 16.1. The SMILES string of the molecule is c1ccc(-c2cc(-c3ccccc3)nc(-c3ccc(-c4c5ccccc5c(-c5ncc6c(n5)C(c5ccccc5)(c5ccccc5)c5ccccc5-6)c5ccccc45)cc3)n2)cc1. The summed E-state index contributed by atoms with van der Waals surface area (Å²) in [5, 5.41) is 4.47. The van der Waals surface area contributed by atoms with Crippen LogP contribution in [0.25, 0.3) is 89.1 Å². The standard InChI is InChI=1S/C59H38N4/c1-5-19-39(20-6-1)52-37-53(40-21-7-2-8-22-40)62-57(61-52)42-35-33-41(34-36-42)54-46-28-13-15-30-48(46)55(49-31-16-14-29-47(49)54)58-60-38-50-45-27-17-18-32-51(45)59(56(50)63-58,43-23-9-3-10-24-43)44-25-11-4-12-26-44/h1-38H. The Morgan fingerprint density at radius 1 is 0.317 bits per heavy atom. The molecule has 0 aliphatic heterocycles. The maximum absolute atomic E-state index is 5.73. The summed E-state index contributed by atoms with van der Waals surface area (Å²) in [5.74, 6) is 1.39. The van der Waals surface area contributed by atoms with Crippen LogP contribution in [0.1, 0.15) is 22.4 Å². The molecule has 1 aliphatic carbocycles. The van der Waals surface area contributed by atoms with E-state index in [1.165, 1.54) is 16.7 Å². The van der Waals surface area contributed by atoms with Crippen molar-refractivity contribution in [3.8, 4) is 67.5 Å². The molecule has 4 heteroatoms. The molecule has 0 atom stereocenters. The van der Waals surface area contributed by atoms with E-state index >= 15 is 0 Å². The highest BCUT2D eigenvalue weighted by Crippen LogP contribution is 2.56. The molecule has 2 heterocycles. The zero-order valence-electron chi connectivity index (χ0n) is 34.2. The first-order chi connectivity index (χ1) is 31.3. The summed E-state index contributed by atoms with van der Waals surface area (Å²) in [6.07, 6.45) is 2.05. The Labute approximate surface area is 365 Å². The fourth-order valence-electron chi connectivity index (χ4n) is 9.84. The van der Waals surface area contributed by atoms with Gasteiger partial charge in [0.2, 0.25) is 0 Å². The van der Waals surface area contributed by atoms with Gasteiger partial charge >= 0.3 is 0 Å². The monoisotopic (exact) mass is 802 g/mol. The third kappa shape index (κ3) is 5.91. The summed E-state index contributed by atoms with van der Waals surface area (Å²) >= 11 is 0. The van der Waals surface area contributed by atoms with Crippen molar-refractivity contribution < 1.29 is 0 Å². The Morgan fingerprint density at radius 2 is 0.762 bits per heavy atom. The number of rotatable bonds is 7. The Balaban J connectivity index is 1.04. The summed E-state index contributed by atoms with van der Waals surface area (Å²) in [6.45, 7) is 0. The highest BCUT2D eigenvalue weighted by molar-refractivity contribution is 6.20. The van der Waals surface area contributed by atoms with Crippen molar-refractivity contribution >= 4 is 21.5 Å². The van der Waals surface area contributed by atoms with Crippen LogP contribution in [0.15, 0.2) is 231 Å². The van der Waals surface area contributed by atoms with Crippen molar-refractivity contribution in [2.24, 2.45) is 0 Å². The maximum Gasteiger partial charge on any atom is 0.160 e. The van der Waals surface area contributed by atoms with Crippen molar-refractivity contribution in [2.45, 2.75) is 5.41 Å². The maximum atomic E-state index is 5.73. The molecule has 9 aromatic carbocycles. The van der Waals surface area contributed by atoms with E-state index in [0.29, 0.717) is 11.6 Å². The molecule has 0 N–H and O–H groups in total. The molecule has 0 unspecified atom stereocenters. The molecule has 12 rings (SSSR count). The second kappa shape index (κ2) is 15.0. The highest BCUT2D eigenvalue weighted by Gasteiger charge is 2.48. The van der Waals surface area contributed by atoms with Crippen molar-refractivity contribution in [3.63, 3.8) is 0 Å². The van der Waals surface area contributed by atoms with Crippen molar-refractivity contribution in [1.29, 1.82) is 0 Å². The average Bonchev–Trinajstić information content (AvgIpc) is 3.67. The molecule has 11 aromatic rings. The molecule has 0 spiro atoms. The summed E-state index contributed by atoms with van der Waals surface area (Å²) in [4.78, 5) is 21.2. The lowest BCUT2D eigenvalue weighted by Crippen LogP contribution is -2.29. The van der Waals surface area contributed by atoms with Crippen LogP contribution >= 0.6 is 0 Å². The summed E-state index contributed by atoms with van der Waals surface area (Å²) in [5.41, 5.74) is 14.3. The smallest absolute Gasteiger partial charge is 0.160 e. The van der Waals surface area contributed by atoms with Crippen LogP contribution in [-0.4, -0.2) is 19.9 Å². The van der Waals surface area contributed by atoms with Gasteiger partial charge in [-0.05, 0) is 61.0 Å². The molecule has 0 amide bonds. The molecule has 2 aromatic heterocycles. The number of hydrogen-bond acceptors (Lipinski definition) is 4. The third-order valence-electron chi connectivity index (χ3n) is 12.6. The minimum absolute atomic E-state index is 0.633. The van der Waals surface area contributed by atoms with Gasteiger partial charge in [-0.15, -0.1) is 0 Å². The van der Waals surface area contributed by atoms with E-state index in [9.17, 15) is 0 Å². The van der Waals surface area contributed by atoms with E-state index < -0.39 is 5.41 Å². The molecule has 1 aliphatic rings. The van der Waals surface area contributed by atoms with Gasteiger partial charge in [-0.25, -0.2) is 19.9 Å². The minimum Gasteiger partial charge on any atom is -0.236 e. The molecular formula is C59H38N4. The van der Waals surface area contributed by atoms with Gasteiger partial charge in [0, 0.05) is 34.0 Å². The predicted octanol–water partition coefficient (Wildman–Crippen LogP) is 14.3. The van der Waals surface area contributed by atoms with E-state index in [1.54, 1.807) is 0 Å². The van der Waals surface area contributed by atoms with Gasteiger partial charge in [0.1, 0.15) is 0 Å². The fraction of sp³-hybridized carbons (Fsp3) is 0.0169. The Hall–Kier alpha value is -8.34. The van der Waals surface area contributed by atoms with E-state index in [0.717, 1.165) is 83.1 Å². The van der Waals surface area contributed by atoms with Crippen LogP contribution in [0.4, 0.5) is 0 Å². The molecule has 63 heavy (non-hydrogen) atoms. The van der Waals surface area contributed by atoms with Gasteiger partial charge in [0.05, 0.1) is 22.5 Å². The largest absolute Gasteiger partial charge is 0.236 e. The molecule has 4 nitrogen and oxygen atoms in total. The van der Waals surface area contributed by atoms with Gasteiger partial charge in [-0.1, -0.05) is 218 Å². The number of hydrogen-bond donors (Lipinski definition) is 0. The summed E-state index contributed by atoms with van der Waals surface area (Å²) < 4.78 is 0. The van der Waals surface area contributed by atoms with Crippen LogP contribution in [0.2, 0.25) is 0 Å². The first-order valence-electron chi connectivity index (χ1n) is 21.4. The second-order valence-corrected chi connectivity index (χ2v) is 16.1. The van der Waals surface area contributed by atoms with E-state index in [4.69, 9.17) is 19.9 Å². The molecular weight excluding hydrogens is 765 g/mol. The van der Waals surface area contributed by atoms with Crippen molar-refractivity contribution in [2.75, 3.05) is 0 Å². The Bertz CT molecular complexity index is 3320. The number of nitrogens with zero attached hydrogens (tertiary/aromatic N) is 4. The number of benzene rings is 9. The van der Waals surface area contributed by atoms with Crippen LogP contribution in [-0.2, 0) is 5.41 Å². The first kappa shape index (κ1) is 36.5. The van der Waals surface area contributed by atoms with Gasteiger partial charge in [-0.2, -0.15) is 0 Å². The van der Waals surface area contributed by atoms with Crippen LogP contribution < -0.4 is 0 Å². The number of aromatic nitrogens is 4. The van der Waals surface area contributed by atoms with E-state index in [2.05, 4.69) is 194 Å². The fourth-order valence-corrected chi connectivity index (χ4v) is 9.84. The molecule has 0 fully saturated rings. The van der Waals surface area contributed by atoms with Gasteiger partial charge in [0.25, 0.3) is 0 Å². The Kier molecular flexibility index (Phi) is 8.68. The van der Waals surface area contributed by atoms with Crippen molar-refractivity contribution in [3.05, 3.63) is 253 Å². The third-order valence-corrected chi connectivity index (χ3v) is 12.6. The lowest BCUT2D eigenvalue weighted by atomic mass is 9.69. The van der Waals surface area contributed by atoms with Crippen LogP contribution in [0.3, 0.4) is 0 Å². The van der Waals surface area contributed by atoms with E-state index in [-0.39, 0.29) is 0 Å². The van der Waals surface area contributed by atoms with Crippen LogP contribution in [0, 0.1) is 0 Å². The predicted molar refractivity (Wildman–Crippen MR) is 257 cm³/mol. The van der Waals surface area contributed by atoms with E-state index in [1.807, 2.05) is 36.4 Å². The normalized spacial score (nSPS) is 12.6. The number of fused-ring (bicyclic) bond motifs is 5. The quantitative estimate of drug-likeness (QED) is 0.151. The van der Waals surface area contributed by atoms with Gasteiger partial charge in [0.15, 0.2) is 11.6 Å². The lowest BCUT2D eigenvalue weighted by Gasteiger charge is -2.32. The lowest BCUT2D eigenvalue weighted by molar-refractivity contribution is 0.736. The minimum atomic E-state index is -0.633. The molecule has 0 radical (unpaired) electrons. The highest BCUT2D eigenvalue weighted by atomic mass is 14.9. The first-order valence-corrected chi connectivity index (χ1v) is 21.4. The molecule has 294 valence electrons. The zero-order valence-corrected chi connectivity index (χ0v) is 34.2. The summed E-state index contributed by atoms with van der Waals surface area (Å²) in [6, 6.07) is 79.2. The molecule has 0 saturated heterocycles. The van der Waals surface area contributed by atoms with Crippen LogP contribution in [0.5, 0.6) is 0 Å². The average molecular weight is 803 g/mol. The van der Waals surface area contributed by atoms with Gasteiger partial charge < -0.3 is 0 Å². The topological polar surface area (TPSA) is 51.6 Å². The van der Waals surface area contributed by atoms with Crippen molar-refractivity contribution in [1.82, 2.24) is 19.9 Å². The summed E-state index contributed by atoms with van der Waals surface area (Å²) in [7, 11) is 0.